The Morgan fingerprint density at radius 1 is 1.06 bits per heavy atom. The first-order chi connectivity index (χ1) is 15.8. The van der Waals surface area contributed by atoms with Gasteiger partial charge in [-0.25, -0.2) is 4.39 Å². The quantitative estimate of drug-likeness (QED) is 0.516. The molecule has 0 aromatic heterocycles. The van der Waals surface area contributed by atoms with Gasteiger partial charge in [0, 0.05) is 23.2 Å². The molecule has 3 aromatic rings. The Hall–Kier alpha value is -3.18. The summed E-state index contributed by atoms with van der Waals surface area (Å²) in [6, 6.07) is 21.2. The van der Waals surface area contributed by atoms with Crippen molar-refractivity contribution in [2.75, 3.05) is 6.54 Å². The molecule has 1 aliphatic heterocycles. The van der Waals surface area contributed by atoms with Crippen LogP contribution in [0.15, 0.2) is 72.8 Å². The van der Waals surface area contributed by atoms with Crippen LogP contribution in [0.3, 0.4) is 0 Å². The molecule has 0 radical (unpaired) electrons. The number of ether oxygens (including phenoxy) is 1. The van der Waals surface area contributed by atoms with Gasteiger partial charge >= 0.3 is 0 Å². The Morgan fingerprint density at radius 3 is 2.42 bits per heavy atom. The third-order valence-corrected chi connectivity index (χ3v) is 6.20. The molecule has 1 N–H and O–H groups in total. The summed E-state index contributed by atoms with van der Waals surface area (Å²) in [7, 11) is 0. The van der Waals surface area contributed by atoms with Crippen molar-refractivity contribution in [2.24, 2.45) is 0 Å². The summed E-state index contributed by atoms with van der Waals surface area (Å²) in [5, 5.41) is 10.6. The van der Waals surface area contributed by atoms with Gasteiger partial charge in [-0.15, -0.1) is 0 Å². The van der Waals surface area contributed by atoms with Crippen LogP contribution >= 0.6 is 0 Å². The standard InChI is InChI=1S/C28H30FNO3/c1-19-14-16-20(17-15-19)26(33-25-13-7-5-10-22(25)28(2,3)32)27(31)30-18-8-12-24(30)21-9-4-6-11-23(21)29/h4-7,9-11,13-17,24,26,32H,8,12,18H2,1-3H3. The van der Waals surface area contributed by atoms with Gasteiger partial charge in [0.05, 0.1) is 11.6 Å². The van der Waals surface area contributed by atoms with Gasteiger partial charge in [-0.1, -0.05) is 66.2 Å². The van der Waals surface area contributed by atoms with Gasteiger partial charge in [0.25, 0.3) is 5.91 Å². The Kier molecular flexibility index (Phi) is 6.52. The predicted octanol–water partition coefficient (Wildman–Crippen LogP) is 5.85. The van der Waals surface area contributed by atoms with E-state index in [1.807, 2.05) is 43.3 Å². The molecule has 5 heteroatoms. The molecule has 0 saturated carbocycles. The Morgan fingerprint density at radius 2 is 1.73 bits per heavy atom. The van der Waals surface area contributed by atoms with Crippen LogP contribution in [0.2, 0.25) is 0 Å². The van der Waals surface area contributed by atoms with Crippen molar-refractivity contribution in [1.29, 1.82) is 0 Å². The van der Waals surface area contributed by atoms with Crippen LogP contribution in [0.25, 0.3) is 0 Å². The second kappa shape index (κ2) is 9.36. The van der Waals surface area contributed by atoms with Crippen LogP contribution in [0.1, 0.15) is 61.1 Å². The van der Waals surface area contributed by atoms with E-state index in [0.717, 1.165) is 17.5 Å². The van der Waals surface area contributed by atoms with E-state index in [2.05, 4.69) is 0 Å². The number of hydrogen-bond donors (Lipinski definition) is 1. The number of nitrogens with zero attached hydrogens (tertiary/aromatic N) is 1. The van der Waals surface area contributed by atoms with E-state index in [-0.39, 0.29) is 17.8 Å². The number of likely N-dealkylation sites (tertiary alicyclic amines) is 1. The van der Waals surface area contributed by atoms with Crippen molar-refractivity contribution >= 4 is 5.91 Å². The zero-order valence-electron chi connectivity index (χ0n) is 19.3. The molecule has 1 saturated heterocycles. The fourth-order valence-corrected chi connectivity index (χ4v) is 4.45. The van der Waals surface area contributed by atoms with Gasteiger partial charge in [-0.05, 0) is 45.7 Å². The van der Waals surface area contributed by atoms with E-state index in [0.29, 0.717) is 29.8 Å². The number of hydrogen-bond acceptors (Lipinski definition) is 3. The third kappa shape index (κ3) is 4.93. The molecule has 3 aromatic carbocycles. The highest BCUT2D eigenvalue weighted by Crippen LogP contribution is 2.38. The molecule has 33 heavy (non-hydrogen) atoms. The molecule has 1 heterocycles. The van der Waals surface area contributed by atoms with E-state index < -0.39 is 11.7 Å². The molecule has 2 atom stereocenters. The highest BCUT2D eigenvalue weighted by molar-refractivity contribution is 5.83. The van der Waals surface area contributed by atoms with Crippen molar-refractivity contribution in [2.45, 2.75) is 51.4 Å². The van der Waals surface area contributed by atoms with Crippen LogP contribution < -0.4 is 4.74 Å². The Balaban J connectivity index is 1.72. The minimum Gasteiger partial charge on any atom is -0.475 e. The van der Waals surface area contributed by atoms with Crippen LogP contribution in [0, 0.1) is 12.7 Å². The van der Waals surface area contributed by atoms with Crippen molar-refractivity contribution < 1.29 is 19.0 Å². The molecule has 0 aliphatic carbocycles. The number of benzene rings is 3. The van der Waals surface area contributed by atoms with Crippen molar-refractivity contribution in [3.05, 3.63) is 101 Å². The van der Waals surface area contributed by atoms with Crippen molar-refractivity contribution in [3.63, 3.8) is 0 Å². The molecule has 172 valence electrons. The number of aliphatic hydroxyl groups is 1. The van der Waals surface area contributed by atoms with E-state index >= 15 is 0 Å². The molecule has 4 nitrogen and oxygen atoms in total. The minimum absolute atomic E-state index is 0.213. The summed E-state index contributed by atoms with van der Waals surface area (Å²) in [4.78, 5) is 15.6. The van der Waals surface area contributed by atoms with Gasteiger partial charge in [0.15, 0.2) is 0 Å². The van der Waals surface area contributed by atoms with Gasteiger partial charge in [-0.3, -0.25) is 4.79 Å². The summed E-state index contributed by atoms with van der Waals surface area (Å²) in [6.45, 7) is 5.90. The molecular weight excluding hydrogens is 417 g/mol. The maximum absolute atomic E-state index is 14.6. The summed E-state index contributed by atoms with van der Waals surface area (Å²) in [5.41, 5.74) is 1.79. The number of aryl methyl sites for hydroxylation is 1. The van der Waals surface area contributed by atoms with E-state index in [1.165, 1.54) is 6.07 Å². The Bertz CT molecular complexity index is 1120. The molecular formula is C28H30FNO3. The molecule has 1 amide bonds. The average Bonchev–Trinajstić information content (AvgIpc) is 3.27. The van der Waals surface area contributed by atoms with Crippen LogP contribution in [0.5, 0.6) is 5.75 Å². The largest absolute Gasteiger partial charge is 0.475 e. The molecule has 0 spiro atoms. The predicted molar refractivity (Wildman–Crippen MR) is 126 cm³/mol. The second-order valence-electron chi connectivity index (χ2n) is 9.17. The minimum atomic E-state index is -1.14. The highest BCUT2D eigenvalue weighted by atomic mass is 19.1. The first kappa shape index (κ1) is 23.0. The van der Waals surface area contributed by atoms with E-state index in [9.17, 15) is 14.3 Å². The van der Waals surface area contributed by atoms with E-state index in [1.54, 1.807) is 49.1 Å². The zero-order valence-corrected chi connectivity index (χ0v) is 19.3. The van der Waals surface area contributed by atoms with Crippen LogP contribution in [-0.2, 0) is 10.4 Å². The lowest BCUT2D eigenvalue weighted by atomic mass is 9.97. The van der Waals surface area contributed by atoms with Gasteiger partial charge in [0.2, 0.25) is 6.10 Å². The number of halogens is 1. The molecule has 0 bridgehead atoms. The number of rotatable bonds is 6. The Labute approximate surface area is 194 Å². The lowest BCUT2D eigenvalue weighted by Gasteiger charge is -2.31. The maximum atomic E-state index is 14.6. The zero-order chi connectivity index (χ0) is 23.6. The molecule has 2 unspecified atom stereocenters. The topological polar surface area (TPSA) is 49.8 Å². The van der Waals surface area contributed by atoms with Gasteiger partial charge < -0.3 is 14.7 Å². The number of carbonyl (C=O) groups excluding carboxylic acids is 1. The summed E-state index contributed by atoms with van der Waals surface area (Å²) in [5.74, 6) is -0.0666. The lowest BCUT2D eigenvalue weighted by molar-refractivity contribution is -0.140. The van der Waals surface area contributed by atoms with Crippen molar-refractivity contribution in [1.82, 2.24) is 4.90 Å². The van der Waals surface area contributed by atoms with Gasteiger partial charge in [0.1, 0.15) is 11.6 Å². The SMILES string of the molecule is Cc1ccc(C(Oc2ccccc2C(C)(C)O)C(=O)N2CCCC2c2ccccc2F)cc1. The number of para-hydroxylation sites is 1. The second-order valence-corrected chi connectivity index (χ2v) is 9.17. The molecule has 1 fully saturated rings. The first-order valence-electron chi connectivity index (χ1n) is 11.4. The smallest absolute Gasteiger partial charge is 0.268 e. The molecule has 1 aliphatic rings. The fourth-order valence-electron chi connectivity index (χ4n) is 4.45. The first-order valence-corrected chi connectivity index (χ1v) is 11.4. The third-order valence-electron chi connectivity index (χ3n) is 6.20. The number of amides is 1. The van der Waals surface area contributed by atoms with E-state index in [4.69, 9.17) is 4.74 Å². The summed E-state index contributed by atoms with van der Waals surface area (Å²) < 4.78 is 20.9. The fraction of sp³-hybridized carbons (Fsp3) is 0.321. The summed E-state index contributed by atoms with van der Waals surface area (Å²) >= 11 is 0. The lowest BCUT2D eigenvalue weighted by Crippen LogP contribution is -2.37. The van der Waals surface area contributed by atoms with Crippen molar-refractivity contribution in [3.8, 4) is 5.75 Å². The maximum Gasteiger partial charge on any atom is 0.268 e. The van der Waals surface area contributed by atoms with Crippen LogP contribution in [-0.4, -0.2) is 22.5 Å². The average molecular weight is 448 g/mol. The summed E-state index contributed by atoms with van der Waals surface area (Å²) in [6.07, 6.45) is 0.584. The van der Waals surface area contributed by atoms with Crippen LogP contribution in [0.4, 0.5) is 4.39 Å². The number of carbonyl (C=O) groups is 1. The normalized spacial score (nSPS) is 17.1. The molecule has 4 rings (SSSR count). The van der Waals surface area contributed by atoms with Gasteiger partial charge in [-0.2, -0.15) is 0 Å². The monoisotopic (exact) mass is 447 g/mol. The highest BCUT2D eigenvalue weighted by Gasteiger charge is 2.37.